The third-order valence-corrected chi connectivity index (χ3v) is 3.97. The lowest BCUT2D eigenvalue weighted by Crippen LogP contribution is -2.15. The summed E-state index contributed by atoms with van der Waals surface area (Å²) in [6, 6.07) is 6.03. The maximum atomic E-state index is 6.01. The highest BCUT2D eigenvalue weighted by atomic mass is 35.5. The zero-order valence-electron chi connectivity index (χ0n) is 8.71. The fourth-order valence-corrected chi connectivity index (χ4v) is 2.52. The van der Waals surface area contributed by atoms with Crippen molar-refractivity contribution in [1.82, 2.24) is 0 Å². The van der Waals surface area contributed by atoms with Crippen molar-refractivity contribution in [2.75, 3.05) is 13.2 Å². The van der Waals surface area contributed by atoms with E-state index < -0.39 is 4.33 Å². The zero-order chi connectivity index (χ0) is 11.2. The highest BCUT2D eigenvalue weighted by Gasteiger charge is 2.51. The molecule has 0 radical (unpaired) electrons. The lowest BCUT2D eigenvalue weighted by Gasteiger charge is -2.18. The van der Waals surface area contributed by atoms with E-state index in [9.17, 15) is 0 Å². The molecule has 0 saturated heterocycles. The molecule has 1 fully saturated rings. The first kappa shape index (κ1) is 10.5. The second-order valence-corrected chi connectivity index (χ2v) is 5.89. The van der Waals surface area contributed by atoms with E-state index >= 15 is 0 Å². The van der Waals surface area contributed by atoms with Crippen LogP contribution in [0.1, 0.15) is 12.0 Å². The summed E-state index contributed by atoms with van der Waals surface area (Å²) in [7, 11) is 0. The summed E-state index contributed by atoms with van der Waals surface area (Å²) in [6.07, 6.45) is 1.79. The van der Waals surface area contributed by atoms with E-state index in [0.717, 1.165) is 24.3 Å². The SMILES string of the molecule is ClC1(Cl)CC1Cc1ccc2c(c1)OCCO2. The van der Waals surface area contributed by atoms with Gasteiger partial charge in [0.25, 0.3) is 0 Å². The lowest BCUT2D eigenvalue weighted by atomic mass is 10.1. The van der Waals surface area contributed by atoms with Crippen LogP contribution in [0.4, 0.5) is 0 Å². The van der Waals surface area contributed by atoms with Crippen molar-refractivity contribution in [2.24, 2.45) is 5.92 Å². The van der Waals surface area contributed by atoms with Crippen LogP contribution in [0.15, 0.2) is 18.2 Å². The second-order valence-electron chi connectivity index (χ2n) is 4.34. The predicted molar refractivity (Wildman–Crippen MR) is 63.7 cm³/mol. The first-order chi connectivity index (χ1) is 7.65. The number of rotatable bonds is 2. The third-order valence-electron chi connectivity index (χ3n) is 3.04. The van der Waals surface area contributed by atoms with Gasteiger partial charge in [-0.3, -0.25) is 0 Å². The molecule has 2 aliphatic rings. The van der Waals surface area contributed by atoms with Crippen LogP contribution in [0, 0.1) is 5.92 Å². The van der Waals surface area contributed by atoms with E-state index in [1.165, 1.54) is 5.56 Å². The standard InChI is InChI=1S/C12H12Cl2O2/c13-12(14)7-9(12)5-8-1-2-10-11(6-8)16-4-3-15-10/h1-2,6,9H,3-5,7H2. The van der Waals surface area contributed by atoms with E-state index in [4.69, 9.17) is 32.7 Å². The molecule has 1 aromatic carbocycles. The number of alkyl halides is 2. The van der Waals surface area contributed by atoms with Gasteiger partial charge < -0.3 is 9.47 Å². The zero-order valence-corrected chi connectivity index (χ0v) is 10.2. The van der Waals surface area contributed by atoms with Crippen molar-refractivity contribution in [1.29, 1.82) is 0 Å². The van der Waals surface area contributed by atoms with Crippen molar-refractivity contribution in [2.45, 2.75) is 17.2 Å². The number of fused-ring (bicyclic) bond motifs is 1. The molecule has 1 saturated carbocycles. The molecule has 1 unspecified atom stereocenters. The molecular weight excluding hydrogens is 247 g/mol. The van der Waals surface area contributed by atoms with Crippen LogP contribution in [0.3, 0.4) is 0 Å². The van der Waals surface area contributed by atoms with E-state index in [0.29, 0.717) is 19.1 Å². The molecule has 4 heteroatoms. The molecule has 0 bridgehead atoms. The van der Waals surface area contributed by atoms with Gasteiger partial charge in [-0.1, -0.05) is 6.07 Å². The Morgan fingerprint density at radius 2 is 1.88 bits per heavy atom. The molecule has 3 rings (SSSR count). The first-order valence-electron chi connectivity index (χ1n) is 5.41. The molecule has 2 nitrogen and oxygen atoms in total. The Bertz CT molecular complexity index is 417. The smallest absolute Gasteiger partial charge is 0.161 e. The van der Waals surface area contributed by atoms with Gasteiger partial charge in [0, 0.05) is 0 Å². The molecule has 0 N–H and O–H groups in total. The van der Waals surface area contributed by atoms with E-state index in [-0.39, 0.29) is 0 Å². The molecular formula is C12H12Cl2O2. The molecule has 0 spiro atoms. The van der Waals surface area contributed by atoms with E-state index in [1.807, 2.05) is 12.1 Å². The van der Waals surface area contributed by atoms with Gasteiger partial charge in [0.2, 0.25) is 0 Å². The third kappa shape index (κ3) is 1.96. The molecule has 1 aliphatic carbocycles. The van der Waals surface area contributed by atoms with Crippen LogP contribution in [0.5, 0.6) is 11.5 Å². The van der Waals surface area contributed by atoms with E-state index in [2.05, 4.69) is 6.07 Å². The highest BCUT2D eigenvalue weighted by Crippen LogP contribution is 2.54. The molecule has 1 atom stereocenters. The van der Waals surface area contributed by atoms with Gasteiger partial charge in [-0.05, 0) is 36.5 Å². The van der Waals surface area contributed by atoms with Crippen LogP contribution in [0.2, 0.25) is 0 Å². The van der Waals surface area contributed by atoms with Gasteiger partial charge in [0.05, 0.1) is 0 Å². The van der Waals surface area contributed by atoms with Gasteiger partial charge in [0.15, 0.2) is 11.5 Å². The fraction of sp³-hybridized carbons (Fsp3) is 0.500. The minimum absolute atomic E-state index is 0.374. The minimum Gasteiger partial charge on any atom is -0.486 e. The van der Waals surface area contributed by atoms with Gasteiger partial charge in [0.1, 0.15) is 17.5 Å². The molecule has 16 heavy (non-hydrogen) atoms. The first-order valence-corrected chi connectivity index (χ1v) is 6.17. The Hall–Kier alpha value is -0.600. The van der Waals surface area contributed by atoms with Gasteiger partial charge in [-0.2, -0.15) is 0 Å². The molecule has 1 aromatic rings. The minimum atomic E-state index is -0.507. The Morgan fingerprint density at radius 3 is 2.56 bits per heavy atom. The summed E-state index contributed by atoms with van der Waals surface area (Å²) in [5.41, 5.74) is 1.21. The van der Waals surface area contributed by atoms with Crippen LogP contribution in [-0.2, 0) is 6.42 Å². The maximum Gasteiger partial charge on any atom is 0.161 e. The summed E-state index contributed by atoms with van der Waals surface area (Å²) in [4.78, 5) is 0. The van der Waals surface area contributed by atoms with Crippen LogP contribution < -0.4 is 9.47 Å². The molecule has 86 valence electrons. The van der Waals surface area contributed by atoms with Crippen LogP contribution in [-0.4, -0.2) is 17.5 Å². The molecule has 0 aromatic heterocycles. The fourth-order valence-electron chi connectivity index (χ4n) is 1.99. The molecule has 1 heterocycles. The number of halogens is 2. The summed E-state index contributed by atoms with van der Waals surface area (Å²) in [5.74, 6) is 2.03. The summed E-state index contributed by atoms with van der Waals surface area (Å²) in [6.45, 7) is 1.25. The largest absolute Gasteiger partial charge is 0.486 e. The van der Waals surface area contributed by atoms with Gasteiger partial charge >= 0.3 is 0 Å². The normalized spacial score (nSPS) is 25.2. The lowest BCUT2D eigenvalue weighted by molar-refractivity contribution is 0.171. The summed E-state index contributed by atoms with van der Waals surface area (Å²) in [5, 5.41) is 0. The Labute approximate surface area is 104 Å². The number of benzene rings is 1. The summed E-state index contributed by atoms with van der Waals surface area (Å²) < 4.78 is 10.5. The van der Waals surface area contributed by atoms with E-state index in [1.54, 1.807) is 0 Å². The Balaban J connectivity index is 1.76. The number of hydrogen-bond acceptors (Lipinski definition) is 2. The quantitative estimate of drug-likeness (QED) is 0.759. The predicted octanol–water partition coefficient (Wildman–Crippen LogP) is 3.19. The van der Waals surface area contributed by atoms with Gasteiger partial charge in [-0.15, -0.1) is 23.2 Å². The summed E-state index contributed by atoms with van der Waals surface area (Å²) >= 11 is 12.0. The average molecular weight is 259 g/mol. The number of hydrogen-bond donors (Lipinski definition) is 0. The Morgan fingerprint density at radius 1 is 1.19 bits per heavy atom. The Kier molecular flexibility index (Phi) is 2.45. The molecule has 0 amide bonds. The average Bonchev–Trinajstić information content (AvgIpc) is 2.86. The van der Waals surface area contributed by atoms with Crippen molar-refractivity contribution in [3.63, 3.8) is 0 Å². The monoisotopic (exact) mass is 258 g/mol. The van der Waals surface area contributed by atoms with Crippen LogP contribution in [0.25, 0.3) is 0 Å². The van der Waals surface area contributed by atoms with Crippen molar-refractivity contribution >= 4 is 23.2 Å². The van der Waals surface area contributed by atoms with Gasteiger partial charge in [-0.25, -0.2) is 0 Å². The highest BCUT2D eigenvalue weighted by molar-refractivity contribution is 6.50. The van der Waals surface area contributed by atoms with Crippen molar-refractivity contribution in [3.05, 3.63) is 23.8 Å². The van der Waals surface area contributed by atoms with Crippen molar-refractivity contribution in [3.8, 4) is 11.5 Å². The second kappa shape index (κ2) is 3.71. The van der Waals surface area contributed by atoms with Crippen molar-refractivity contribution < 1.29 is 9.47 Å². The van der Waals surface area contributed by atoms with Crippen LogP contribution >= 0.6 is 23.2 Å². The number of ether oxygens (including phenoxy) is 2. The molecule has 1 aliphatic heterocycles. The maximum absolute atomic E-state index is 6.01. The topological polar surface area (TPSA) is 18.5 Å².